The lowest BCUT2D eigenvalue weighted by molar-refractivity contribution is 0.0996. The van der Waals surface area contributed by atoms with Crippen molar-refractivity contribution in [2.45, 2.75) is 51.6 Å². The van der Waals surface area contributed by atoms with Crippen LogP contribution in [0.5, 0.6) is 11.6 Å². The zero-order valence-corrected chi connectivity index (χ0v) is 27.3. The van der Waals surface area contributed by atoms with Gasteiger partial charge >= 0.3 is 6.03 Å². The van der Waals surface area contributed by atoms with Crippen molar-refractivity contribution >= 4 is 45.7 Å². The number of rotatable bonds is 13. The summed E-state index contributed by atoms with van der Waals surface area (Å²) in [6.45, 7) is 4.66. The second kappa shape index (κ2) is 16.5. The normalized spacial score (nSPS) is 13.8. The summed E-state index contributed by atoms with van der Waals surface area (Å²) in [4.78, 5) is 33.2. The van der Waals surface area contributed by atoms with E-state index < -0.39 is 39.2 Å². The fourth-order valence-electron chi connectivity index (χ4n) is 5.14. The third-order valence-corrected chi connectivity index (χ3v) is 8.02. The first-order valence-electron chi connectivity index (χ1n) is 14.7. The number of likely N-dealkylation sites (tertiary alicyclic amines) is 1. The Labute approximate surface area is 274 Å². The van der Waals surface area contributed by atoms with E-state index in [-0.39, 0.29) is 24.1 Å². The van der Waals surface area contributed by atoms with Crippen LogP contribution in [0.1, 0.15) is 54.9 Å². The Morgan fingerprint density at radius 1 is 1.07 bits per heavy atom. The molecule has 0 radical (unpaired) electrons. The van der Waals surface area contributed by atoms with Gasteiger partial charge in [0.15, 0.2) is 0 Å². The molecule has 2 aromatic carbocycles. The third-order valence-electron chi connectivity index (χ3n) is 7.41. The van der Waals surface area contributed by atoms with E-state index in [0.29, 0.717) is 49.3 Å². The molecular formula is C31H39ClF2N6O5S. The minimum Gasteiger partial charge on any atom is -0.439 e. The zero-order chi connectivity index (χ0) is 32.6. The highest BCUT2D eigenvalue weighted by Crippen LogP contribution is 2.25. The summed E-state index contributed by atoms with van der Waals surface area (Å²) in [5, 5.41) is 2.52. The number of unbranched alkanes of at least 4 members (excludes halogenated alkanes) is 2. The molecule has 0 bridgehead atoms. The van der Waals surface area contributed by atoms with Gasteiger partial charge in [0.25, 0.3) is 5.91 Å². The predicted molar refractivity (Wildman–Crippen MR) is 175 cm³/mol. The maximum Gasteiger partial charge on any atom is 0.322 e. The Hall–Kier alpha value is -4.01. The molecule has 4 rings (SSSR count). The second-order valence-corrected chi connectivity index (χ2v) is 12.8. The van der Waals surface area contributed by atoms with Crippen LogP contribution in [0.4, 0.5) is 25.0 Å². The van der Waals surface area contributed by atoms with Crippen molar-refractivity contribution in [1.82, 2.24) is 14.8 Å². The van der Waals surface area contributed by atoms with Crippen LogP contribution in [0.25, 0.3) is 0 Å². The Kier molecular flexibility index (Phi) is 13.1. The van der Waals surface area contributed by atoms with Gasteiger partial charge in [-0.1, -0.05) is 25.8 Å². The number of amides is 3. The van der Waals surface area contributed by atoms with E-state index in [2.05, 4.69) is 26.8 Å². The van der Waals surface area contributed by atoms with Crippen molar-refractivity contribution < 1.29 is 31.5 Å². The number of carbonyl (C=O) groups is 2. The quantitative estimate of drug-likeness (QED) is 0.195. The van der Waals surface area contributed by atoms with E-state index in [1.165, 1.54) is 0 Å². The minimum atomic E-state index is -3.36. The summed E-state index contributed by atoms with van der Waals surface area (Å²) in [5.74, 6) is -2.21. The maximum atomic E-state index is 14.5. The smallest absolute Gasteiger partial charge is 0.322 e. The standard InChI is InChI=1S/C31H38F2N6O5S.ClH/c1-3-4-5-14-39(31(41)36-28-17-25(30(34)40)26(32)18-27(28)33)23-12-15-38(16-13-23)20-21-6-11-29(35-19-21)44-24-9-7-22(8-10-24)37-45(2,42)43;/h6-11,17-19,23,37H,3-5,12-16,20H2,1-2H3,(H2,34,40)(H,36,41);1H. The van der Waals surface area contributed by atoms with Crippen LogP contribution >= 0.6 is 12.4 Å². The van der Waals surface area contributed by atoms with Gasteiger partial charge in [-0.2, -0.15) is 0 Å². The number of aromatic nitrogens is 1. The number of hydrogen-bond acceptors (Lipinski definition) is 7. The van der Waals surface area contributed by atoms with Gasteiger partial charge in [0, 0.05) is 56.2 Å². The topological polar surface area (TPSA) is 147 Å². The van der Waals surface area contributed by atoms with Gasteiger partial charge in [0.05, 0.1) is 17.5 Å². The van der Waals surface area contributed by atoms with Crippen molar-refractivity contribution in [3.8, 4) is 11.6 Å². The van der Waals surface area contributed by atoms with Crippen LogP contribution in [-0.2, 0) is 16.6 Å². The van der Waals surface area contributed by atoms with Crippen LogP contribution in [-0.4, -0.2) is 67.1 Å². The van der Waals surface area contributed by atoms with E-state index in [0.717, 1.165) is 50.2 Å². The number of piperidine rings is 1. The molecule has 11 nitrogen and oxygen atoms in total. The average molecular weight is 681 g/mol. The molecule has 250 valence electrons. The minimum absolute atomic E-state index is 0. The van der Waals surface area contributed by atoms with Gasteiger partial charge < -0.3 is 20.7 Å². The Bertz CT molecular complexity index is 1590. The van der Waals surface area contributed by atoms with E-state index in [4.69, 9.17) is 10.5 Å². The fourth-order valence-corrected chi connectivity index (χ4v) is 5.70. The molecule has 2 heterocycles. The molecule has 1 saturated heterocycles. The number of primary amides is 1. The number of nitrogens with zero attached hydrogens (tertiary/aromatic N) is 3. The summed E-state index contributed by atoms with van der Waals surface area (Å²) in [7, 11) is -3.36. The highest BCUT2D eigenvalue weighted by atomic mass is 35.5. The van der Waals surface area contributed by atoms with Crippen molar-refractivity contribution in [2.24, 2.45) is 5.73 Å². The van der Waals surface area contributed by atoms with Crippen molar-refractivity contribution in [1.29, 1.82) is 0 Å². The number of halogens is 3. The molecule has 1 aromatic heterocycles. The van der Waals surface area contributed by atoms with Gasteiger partial charge in [0.1, 0.15) is 17.4 Å². The highest BCUT2D eigenvalue weighted by Gasteiger charge is 2.29. The summed E-state index contributed by atoms with van der Waals surface area (Å²) >= 11 is 0. The molecule has 1 aliphatic rings. The summed E-state index contributed by atoms with van der Waals surface area (Å²) in [5.41, 5.74) is 5.82. The maximum absolute atomic E-state index is 14.5. The SMILES string of the molecule is CCCCCN(C(=O)Nc1cc(C(N)=O)c(F)cc1F)C1CCN(Cc2ccc(Oc3ccc(NS(C)(=O)=O)cc3)nc2)CC1.Cl. The number of nitrogens with two attached hydrogens (primary N) is 1. The first-order chi connectivity index (χ1) is 21.4. The van der Waals surface area contributed by atoms with E-state index in [1.807, 2.05) is 6.07 Å². The summed E-state index contributed by atoms with van der Waals surface area (Å²) in [6.07, 6.45) is 6.91. The van der Waals surface area contributed by atoms with Gasteiger partial charge in [-0.15, -0.1) is 12.4 Å². The lowest BCUT2D eigenvalue weighted by Gasteiger charge is -2.38. The van der Waals surface area contributed by atoms with E-state index in [1.54, 1.807) is 41.4 Å². The monoisotopic (exact) mass is 680 g/mol. The first-order valence-corrected chi connectivity index (χ1v) is 16.6. The molecule has 0 spiro atoms. The van der Waals surface area contributed by atoms with Crippen LogP contribution in [0.2, 0.25) is 0 Å². The number of anilines is 2. The molecular weight excluding hydrogens is 642 g/mol. The highest BCUT2D eigenvalue weighted by molar-refractivity contribution is 7.92. The third kappa shape index (κ3) is 10.5. The molecule has 1 fully saturated rings. The number of hydrogen-bond donors (Lipinski definition) is 3. The predicted octanol–water partition coefficient (Wildman–Crippen LogP) is 5.73. The molecule has 0 aliphatic carbocycles. The number of pyridine rings is 1. The number of nitrogens with one attached hydrogen (secondary N) is 2. The van der Waals surface area contributed by atoms with Crippen molar-refractivity contribution in [3.63, 3.8) is 0 Å². The van der Waals surface area contributed by atoms with Gasteiger partial charge in [-0.25, -0.2) is 27.0 Å². The lowest BCUT2D eigenvalue weighted by Crippen LogP contribution is -2.49. The van der Waals surface area contributed by atoms with Crippen LogP contribution in [0, 0.1) is 11.6 Å². The largest absolute Gasteiger partial charge is 0.439 e. The van der Waals surface area contributed by atoms with Gasteiger partial charge in [0.2, 0.25) is 15.9 Å². The molecule has 46 heavy (non-hydrogen) atoms. The van der Waals surface area contributed by atoms with E-state index >= 15 is 0 Å². The Morgan fingerprint density at radius 2 is 1.76 bits per heavy atom. The number of ether oxygens (including phenoxy) is 1. The molecule has 0 saturated carbocycles. The molecule has 0 unspecified atom stereocenters. The van der Waals surface area contributed by atoms with Gasteiger partial charge in [-0.05, 0) is 55.2 Å². The molecule has 1 aliphatic heterocycles. The first kappa shape index (κ1) is 36.5. The lowest BCUT2D eigenvalue weighted by atomic mass is 10.0. The molecule has 15 heteroatoms. The van der Waals surface area contributed by atoms with Crippen molar-refractivity contribution in [3.05, 3.63) is 77.5 Å². The van der Waals surface area contributed by atoms with Crippen LogP contribution in [0.15, 0.2) is 54.7 Å². The Morgan fingerprint density at radius 3 is 2.35 bits per heavy atom. The summed E-state index contributed by atoms with van der Waals surface area (Å²) in [6, 6.07) is 11.1. The zero-order valence-electron chi connectivity index (χ0n) is 25.7. The van der Waals surface area contributed by atoms with Crippen molar-refractivity contribution in [2.75, 3.05) is 35.9 Å². The van der Waals surface area contributed by atoms with Gasteiger partial charge in [-0.3, -0.25) is 14.4 Å². The van der Waals surface area contributed by atoms with Crippen LogP contribution < -0.4 is 20.5 Å². The number of urea groups is 1. The molecule has 4 N–H and O–H groups in total. The van der Waals surface area contributed by atoms with Crippen LogP contribution in [0.3, 0.4) is 0 Å². The molecule has 3 amide bonds. The molecule has 3 aromatic rings. The fraction of sp³-hybridized carbons (Fsp3) is 0.387. The second-order valence-electron chi connectivity index (χ2n) is 11.0. The van der Waals surface area contributed by atoms with E-state index in [9.17, 15) is 26.8 Å². The average Bonchev–Trinajstić information content (AvgIpc) is 2.98. The number of benzene rings is 2. The summed E-state index contributed by atoms with van der Waals surface area (Å²) < 4.78 is 59.3. The molecule has 0 atom stereocenters. The number of sulfonamides is 1. The number of carbonyl (C=O) groups excluding carboxylic acids is 2. The Balaban J connectivity index is 0.00000576.